The van der Waals surface area contributed by atoms with Crippen LogP contribution in [-0.4, -0.2) is 29.6 Å². The fraction of sp³-hybridized carbons (Fsp3) is 0.200. The van der Waals surface area contributed by atoms with Gasteiger partial charge in [-0.3, -0.25) is 0 Å². The molecule has 0 unspecified atom stereocenters. The Bertz CT molecular complexity index is 899. The number of hydrogen-bond donors (Lipinski definition) is 0. The van der Waals surface area contributed by atoms with Crippen molar-refractivity contribution in [2.75, 3.05) is 13.7 Å². The van der Waals surface area contributed by atoms with Crippen LogP contribution in [0.4, 0.5) is 4.79 Å². The maximum Gasteiger partial charge on any atom is 0.435 e. The van der Waals surface area contributed by atoms with Gasteiger partial charge in [-0.1, -0.05) is 36.4 Å². The summed E-state index contributed by atoms with van der Waals surface area (Å²) in [5.41, 5.74) is 4.26. The van der Waals surface area contributed by atoms with Crippen LogP contribution in [0.15, 0.2) is 54.6 Å². The van der Waals surface area contributed by atoms with E-state index in [1.165, 1.54) is 4.68 Å². The molecule has 128 valence electrons. The Kier molecular flexibility index (Phi) is 4.84. The number of methoxy groups -OCH3 is 1. The third kappa shape index (κ3) is 3.40. The standard InChI is InChI=1S/C20H20N2O3/c1-4-25-20(23)22-19(17-11-6-5-8-14(17)2)13-18(21-22)15-9-7-10-16(12-15)24-3/h5-13H,4H2,1-3H3. The fourth-order valence-electron chi connectivity index (χ4n) is 2.68. The lowest BCUT2D eigenvalue weighted by Gasteiger charge is -2.08. The van der Waals surface area contributed by atoms with Gasteiger partial charge >= 0.3 is 6.09 Å². The fourth-order valence-corrected chi connectivity index (χ4v) is 2.68. The molecule has 0 saturated heterocycles. The van der Waals surface area contributed by atoms with Gasteiger partial charge in [-0.05, 0) is 37.6 Å². The molecule has 2 aromatic carbocycles. The van der Waals surface area contributed by atoms with Crippen LogP contribution in [0.2, 0.25) is 0 Å². The van der Waals surface area contributed by atoms with E-state index >= 15 is 0 Å². The quantitative estimate of drug-likeness (QED) is 0.702. The zero-order valence-corrected chi connectivity index (χ0v) is 14.5. The molecule has 25 heavy (non-hydrogen) atoms. The lowest BCUT2D eigenvalue weighted by Crippen LogP contribution is -2.16. The molecule has 3 aromatic rings. The Hall–Kier alpha value is -3.08. The molecule has 0 saturated carbocycles. The molecule has 0 radical (unpaired) electrons. The molecule has 0 amide bonds. The van der Waals surface area contributed by atoms with E-state index in [-0.39, 0.29) is 0 Å². The van der Waals surface area contributed by atoms with Gasteiger partial charge in [-0.25, -0.2) is 4.79 Å². The Labute approximate surface area is 146 Å². The first-order valence-electron chi connectivity index (χ1n) is 8.11. The minimum Gasteiger partial charge on any atom is -0.497 e. The highest BCUT2D eigenvalue weighted by atomic mass is 16.6. The number of benzene rings is 2. The zero-order valence-electron chi connectivity index (χ0n) is 14.5. The summed E-state index contributed by atoms with van der Waals surface area (Å²) >= 11 is 0. The van der Waals surface area contributed by atoms with Gasteiger partial charge in [-0.15, -0.1) is 0 Å². The van der Waals surface area contributed by atoms with Gasteiger partial charge in [0.05, 0.1) is 25.1 Å². The minimum absolute atomic E-state index is 0.292. The zero-order chi connectivity index (χ0) is 17.8. The first-order chi connectivity index (χ1) is 12.1. The van der Waals surface area contributed by atoms with Crippen molar-refractivity contribution < 1.29 is 14.3 Å². The summed E-state index contributed by atoms with van der Waals surface area (Å²) in [6.45, 7) is 4.07. The van der Waals surface area contributed by atoms with E-state index in [0.29, 0.717) is 18.0 Å². The molecule has 0 spiro atoms. The molecule has 0 bridgehead atoms. The summed E-state index contributed by atoms with van der Waals surface area (Å²) in [6.07, 6.45) is -0.491. The first-order valence-corrected chi connectivity index (χ1v) is 8.11. The van der Waals surface area contributed by atoms with Gasteiger partial charge in [0.15, 0.2) is 0 Å². The van der Waals surface area contributed by atoms with Crippen molar-refractivity contribution in [1.82, 2.24) is 9.78 Å². The van der Waals surface area contributed by atoms with Crippen molar-refractivity contribution in [2.24, 2.45) is 0 Å². The van der Waals surface area contributed by atoms with Gasteiger partial charge in [-0.2, -0.15) is 9.78 Å². The molecule has 5 heteroatoms. The number of ether oxygens (including phenoxy) is 2. The largest absolute Gasteiger partial charge is 0.497 e. The lowest BCUT2D eigenvalue weighted by atomic mass is 10.0. The number of rotatable bonds is 4. The van der Waals surface area contributed by atoms with Gasteiger partial charge in [0, 0.05) is 11.1 Å². The van der Waals surface area contributed by atoms with E-state index < -0.39 is 6.09 Å². The highest BCUT2D eigenvalue weighted by molar-refractivity contribution is 5.81. The van der Waals surface area contributed by atoms with Crippen LogP contribution < -0.4 is 4.74 Å². The summed E-state index contributed by atoms with van der Waals surface area (Å²) in [7, 11) is 1.62. The van der Waals surface area contributed by atoms with Crippen molar-refractivity contribution in [3.63, 3.8) is 0 Å². The van der Waals surface area contributed by atoms with Crippen LogP contribution in [0.1, 0.15) is 12.5 Å². The third-order valence-corrected chi connectivity index (χ3v) is 3.94. The molecular weight excluding hydrogens is 316 g/mol. The topological polar surface area (TPSA) is 53.4 Å². The summed E-state index contributed by atoms with van der Waals surface area (Å²) < 4.78 is 11.8. The molecule has 0 aliphatic carbocycles. The van der Waals surface area contributed by atoms with Crippen molar-refractivity contribution in [3.05, 3.63) is 60.2 Å². The molecule has 5 nitrogen and oxygen atoms in total. The molecule has 0 N–H and O–H groups in total. The van der Waals surface area contributed by atoms with Crippen LogP contribution in [0.5, 0.6) is 5.75 Å². The molecule has 0 atom stereocenters. The van der Waals surface area contributed by atoms with E-state index in [1.807, 2.05) is 61.5 Å². The van der Waals surface area contributed by atoms with Crippen LogP contribution >= 0.6 is 0 Å². The Morgan fingerprint density at radius 2 is 1.92 bits per heavy atom. The maximum absolute atomic E-state index is 12.4. The number of carbonyl (C=O) groups is 1. The maximum atomic E-state index is 12.4. The van der Waals surface area contributed by atoms with Gasteiger partial charge < -0.3 is 9.47 Å². The average Bonchev–Trinajstić information content (AvgIpc) is 3.07. The van der Waals surface area contributed by atoms with Crippen LogP contribution in [0, 0.1) is 6.92 Å². The van der Waals surface area contributed by atoms with Crippen molar-refractivity contribution in [3.8, 4) is 28.3 Å². The second-order valence-electron chi connectivity index (χ2n) is 5.57. The van der Waals surface area contributed by atoms with E-state index in [9.17, 15) is 4.79 Å². The highest BCUT2D eigenvalue weighted by Gasteiger charge is 2.19. The number of nitrogens with zero attached hydrogens (tertiary/aromatic N) is 2. The monoisotopic (exact) mass is 336 g/mol. The summed E-state index contributed by atoms with van der Waals surface area (Å²) in [6, 6.07) is 17.4. The minimum atomic E-state index is -0.491. The molecular formula is C20H20N2O3. The molecule has 3 rings (SSSR count). The number of carbonyl (C=O) groups excluding carboxylic acids is 1. The Morgan fingerprint density at radius 3 is 2.64 bits per heavy atom. The van der Waals surface area contributed by atoms with Crippen LogP contribution in [0.3, 0.4) is 0 Å². The second-order valence-corrected chi connectivity index (χ2v) is 5.57. The van der Waals surface area contributed by atoms with E-state index in [2.05, 4.69) is 5.10 Å². The predicted molar refractivity (Wildman–Crippen MR) is 96.8 cm³/mol. The van der Waals surface area contributed by atoms with Crippen molar-refractivity contribution >= 4 is 6.09 Å². The highest BCUT2D eigenvalue weighted by Crippen LogP contribution is 2.30. The van der Waals surface area contributed by atoms with Crippen LogP contribution in [0.25, 0.3) is 22.5 Å². The summed E-state index contributed by atoms with van der Waals surface area (Å²) in [5.74, 6) is 0.737. The number of aromatic nitrogens is 2. The summed E-state index contributed by atoms with van der Waals surface area (Å²) in [4.78, 5) is 12.4. The molecule has 1 aromatic heterocycles. The second kappa shape index (κ2) is 7.21. The molecule has 0 aliphatic heterocycles. The van der Waals surface area contributed by atoms with Crippen LogP contribution in [-0.2, 0) is 4.74 Å². The van der Waals surface area contributed by atoms with Gasteiger partial charge in [0.2, 0.25) is 0 Å². The average molecular weight is 336 g/mol. The van der Waals surface area contributed by atoms with Gasteiger partial charge in [0.25, 0.3) is 0 Å². The Morgan fingerprint density at radius 1 is 1.12 bits per heavy atom. The predicted octanol–water partition coefficient (Wildman–Crippen LogP) is 4.54. The SMILES string of the molecule is CCOC(=O)n1nc(-c2cccc(OC)c2)cc1-c1ccccc1C. The van der Waals surface area contributed by atoms with E-state index in [0.717, 1.165) is 22.4 Å². The first kappa shape index (κ1) is 16.8. The van der Waals surface area contributed by atoms with E-state index in [1.54, 1.807) is 14.0 Å². The molecule has 1 heterocycles. The number of hydrogen-bond acceptors (Lipinski definition) is 4. The summed E-state index contributed by atoms with van der Waals surface area (Å²) in [5, 5.41) is 4.48. The smallest absolute Gasteiger partial charge is 0.435 e. The molecule has 0 fully saturated rings. The van der Waals surface area contributed by atoms with Crippen molar-refractivity contribution in [2.45, 2.75) is 13.8 Å². The lowest BCUT2D eigenvalue weighted by molar-refractivity contribution is 0.151. The van der Waals surface area contributed by atoms with Crippen molar-refractivity contribution in [1.29, 1.82) is 0 Å². The van der Waals surface area contributed by atoms with E-state index in [4.69, 9.17) is 9.47 Å². The van der Waals surface area contributed by atoms with Gasteiger partial charge in [0.1, 0.15) is 5.75 Å². The Balaban J connectivity index is 2.15. The third-order valence-electron chi connectivity index (χ3n) is 3.94. The molecule has 0 aliphatic rings. The normalized spacial score (nSPS) is 10.5. The number of aryl methyl sites for hydroxylation is 1.